The van der Waals surface area contributed by atoms with Gasteiger partial charge in [0.1, 0.15) is 0 Å². The van der Waals surface area contributed by atoms with Crippen molar-refractivity contribution in [2.45, 2.75) is 13.8 Å². The Labute approximate surface area is 79.5 Å². The summed E-state index contributed by atoms with van der Waals surface area (Å²) >= 11 is 2.85. The van der Waals surface area contributed by atoms with Crippen LogP contribution in [-0.2, 0) is 9.59 Å². The largest absolute Gasteiger partial charge is 0.294 e. The molecule has 0 saturated carbocycles. The number of allylic oxidation sites excluding steroid dienone is 1. The van der Waals surface area contributed by atoms with Gasteiger partial charge in [-0.25, -0.2) is 0 Å². The molecule has 0 aromatic heterocycles. The summed E-state index contributed by atoms with van der Waals surface area (Å²) in [5.74, 6) is -0.303. The Morgan fingerprint density at radius 3 is 1.83 bits per heavy atom. The molecule has 64 valence electrons. The highest BCUT2D eigenvalue weighted by Crippen LogP contribution is 2.40. The van der Waals surface area contributed by atoms with Gasteiger partial charge in [-0.1, -0.05) is 23.5 Å². The third-order valence-electron chi connectivity index (χ3n) is 1.31. The van der Waals surface area contributed by atoms with E-state index in [1.54, 1.807) is 0 Å². The Morgan fingerprint density at radius 2 is 1.50 bits per heavy atom. The monoisotopic (exact) mass is 200 g/mol. The van der Waals surface area contributed by atoms with Crippen LogP contribution >= 0.6 is 23.5 Å². The third kappa shape index (κ3) is 2.01. The Kier molecular flexibility index (Phi) is 3.17. The molecule has 12 heavy (non-hydrogen) atoms. The smallest absolute Gasteiger partial charge is 0.165 e. The molecule has 0 aromatic carbocycles. The molecule has 0 aromatic rings. The Balaban J connectivity index is 2.99. The molecule has 0 amide bonds. The van der Waals surface area contributed by atoms with Gasteiger partial charge in [0, 0.05) is 0 Å². The Hall–Kier alpha value is -0.480. The molecular weight excluding hydrogens is 192 g/mol. The second kappa shape index (κ2) is 3.96. The summed E-state index contributed by atoms with van der Waals surface area (Å²) in [4.78, 5) is 22.1. The Morgan fingerprint density at radius 1 is 1.08 bits per heavy atom. The summed E-state index contributed by atoms with van der Waals surface area (Å²) in [6.45, 7) is 2.84. The quantitative estimate of drug-likeness (QED) is 0.389. The number of ketones is 2. The van der Waals surface area contributed by atoms with E-state index in [-0.39, 0.29) is 11.6 Å². The van der Waals surface area contributed by atoms with Crippen molar-refractivity contribution in [3.05, 3.63) is 20.6 Å². The van der Waals surface area contributed by atoms with E-state index in [4.69, 9.17) is 0 Å². The maximum atomic E-state index is 11.0. The Bertz CT molecular complexity index is 263. The van der Waals surface area contributed by atoms with Crippen LogP contribution in [0, 0.1) is 0 Å². The van der Waals surface area contributed by atoms with Crippen molar-refractivity contribution in [1.29, 1.82) is 0 Å². The second-order valence-electron chi connectivity index (χ2n) is 2.28. The average Bonchev–Trinajstić information content (AvgIpc) is 2.37. The molecule has 0 saturated heterocycles. The fraction of sp³-hybridized carbons (Fsp3) is 0.250. The van der Waals surface area contributed by atoms with Crippen LogP contribution in [0.2, 0.25) is 0 Å². The van der Waals surface area contributed by atoms with Crippen LogP contribution in [-0.4, -0.2) is 11.6 Å². The van der Waals surface area contributed by atoms with Crippen molar-refractivity contribution < 1.29 is 9.59 Å². The highest BCUT2D eigenvalue weighted by Gasteiger charge is 2.17. The summed E-state index contributed by atoms with van der Waals surface area (Å²) < 4.78 is 0.801. The van der Waals surface area contributed by atoms with Crippen molar-refractivity contribution in [2.75, 3.05) is 0 Å². The number of rotatable bonds is 2. The zero-order valence-electron chi connectivity index (χ0n) is 6.79. The molecule has 1 rings (SSSR count). The van der Waals surface area contributed by atoms with Gasteiger partial charge < -0.3 is 0 Å². The molecule has 0 aliphatic carbocycles. The standard InChI is InChI=1S/C8H8O2S2/c1-5(9)7(6(2)10)8-11-3-4-12-8/h3-4H,1-2H3. The van der Waals surface area contributed by atoms with Crippen LogP contribution in [0.15, 0.2) is 20.6 Å². The first kappa shape index (κ1) is 9.61. The molecule has 0 bridgehead atoms. The lowest BCUT2D eigenvalue weighted by atomic mass is 10.1. The number of carbonyl (C=O) groups excluding carboxylic acids is 2. The first-order chi connectivity index (χ1) is 5.63. The lowest BCUT2D eigenvalue weighted by Gasteiger charge is -2.01. The van der Waals surface area contributed by atoms with Gasteiger partial charge in [-0.05, 0) is 24.7 Å². The van der Waals surface area contributed by atoms with Gasteiger partial charge in [0.05, 0.1) is 9.81 Å². The molecule has 1 heterocycles. The SMILES string of the molecule is CC(=O)C(C(C)=O)=C1SC=CS1. The molecule has 0 spiro atoms. The average molecular weight is 200 g/mol. The summed E-state index contributed by atoms with van der Waals surface area (Å²) in [7, 11) is 0. The maximum Gasteiger partial charge on any atom is 0.165 e. The summed E-state index contributed by atoms with van der Waals surface area (Å²) in [5, 5.41) is 3.73. The van der Waals surface area contributed by atoms with E-state index in [0.717, 1.165) is 4.24 Å². The van der Waals surface area contributed by atoms with Gasteiger partial charge in [-0.15, -0.1) is 0 Å². The number of Topliss-reactive ketones (excluding diaryl/α,β-unsaturated/α-hetero) is 2. The van der Waals surface area contributed by atoms with Crippen LogP contribution in [0.5, 0.6) is 0 Å². The van der Waals surface area contributed by atoms with Crippen LogP contribution in [0.1, 0.15) is 13.8 Å². The first-order valence-corrected chi connectivity index (χ1v) is 5.13. The van der Waals surface area contributed by atoms with Crippen LogP contribution in [0.25, 0.3) is 0 Å². The van der Waals surface area contributed by atoms with Gasteiger partial charge in [0.2, 0.25) is 0 Å². The van der Waals surface area contributed by atoms with Gasteiger partial charge in [0.15, 0.2) is 11.6 Å². The number of carbonyl (C=O) groups is 2. The number of thioether (sulfide) groups is 2. The fourth-order valence-electron chi connectivity index (χ4n) is 0.860. The predicted octanol–water partition coefficient (Wildman–Crippen LogP) is 2.33. The fourth-order valence-corrected chi connectivity index (χ4v) is 2.92. The van der Waals surface area contributed by atoms with E-state index >= 15 is 0 Å². The third-order valence-corrected chi connectivity index (χ3v) is 3.44. The van der Waals surface area contributed by atoms with Crippen molar-refractivity contribution in [2.24, 2.45) is 0 Å². The summed E-state index contributed by atoms with van der Waals surface area (Å²) in [6.07, 6.45) is 0. The highest BCUT2D eigenvalue weighted by molar-refractivity contribution is 8.27. The molecule has 0 fully saturated rings. The van der Waals surface area contributed by atoms with E-state index in [9.17, 15) is 9.59 Å². The second-order valence-corrected chi connectivity index (χ2v) is 4.37. The molecule has 2 nitrogen and oxygen atoms in total. The van der Waals surface area contributed by atoms with Gasteiger partial charge in [-0.3, -0.25) is 9.59 Å². The van der Waals surface area contributed by atoms with Crippen molar-refractivity contribution in [3.8, 4) is 0 Å². The minimum atomic E-state index is -0.152. The predicted molar refractivity (Wildman–Crippen MR) is 52.7 cm³/mol. The molecule has 1 aliphatic heterocycles. The van der Waals surface area contributed by atoms with Gasteiger partial charge in [0.25, 0.3) is 0 Å². The molecule has 0 N–H and O–H groups in total. The zero-order valence-corrected chi connectivity index (χ0v) is 8.42. The van der Waals surface area contributed by atoms with Crippen molar-refractivity contribution >= 4 is 35.1 Å². The normalized spacial score (nSPS) is 15.0. The van der Waals surface area contributed by atoms with E-state index in [0.29, 0.717) is 5.57 Å². The molecule has 4 heteroatoms. The summed E-state index contributed by atoms with van der Waals surface area (Å²) in [5.41, 5.74) is 0.329. The molecule has 0 radical (unpaired) electrons. The van der Waals surface area contributed by atoms with Crippen molar-refractivity contribution in [3.63, 3.8) is 0 Å². The van der Waals surface area contributed by atoms with E-state index in [1.165, 1.54) is 37.4 Å². The maximum absolute atomic E-state index is 11.0. The van der Waals surface area contributed by atoms with Crippen LogP contribution < -0.4 is 0 Å². The van der Waals surface area contributed by atoms with E-state index in [1.807, 2.05) is 10.8 Å². The van der Waals surface area contributed by atoms with E-state index < -0.39 is 0 Å². The molecular formula is C8H8O2S2. The topological polar surface area (TPSA) is 34.1 Å². The lowest BCUT2D eigenvalue weighted by Crippen LogP contribution is -2.07. The minimum Gasteiger partial charge on any atom is -0.294 e. The molecule has 0 atom stereocenters. The van der Waals surface area contributed by atoms with Gasteiger partial charge >= 0.3 is 0 Å². The minimum absolute atomic E-state index is 0.152. The molecule has 0 unspecified atom stereocenters. The van der Waals surface area contributed by atoms with Crippen LogP contribution in [0.4, 0.5) is 0 Å². The lowest BCUT2D eigenvalue weighted by molar-refractivity contribution is -0.119. The first-order valence-electron chi connectivity index (χ1n) is 3.37. The van der Waals surface area contributed by atoms with Crippen molar-refractivity contribution in [1.82, 2.24) is 0 Å². The number of hydrogen-bond donors (Lipinski definition) is 0. The number of hydrogen-bond acceptors (Lipinski definition) is 4. The van der Waals surface area contributed by atoms with Gasteiger partial charge in [-0.2, -0.15) is 0 Å². The zero-order chi connectivity index (χ0) is 9.14. The highest BCUT2D eigenvalue weighted by atomic mass is 32.2. The summed E-state index contributed by atoms with van der Waals surface area (Å²) in [6, 6.07) is 0. The van der Waals surface area contributed by atoms with Crippen LogP contribution in [0.3, 0.4) is 0 Å². The van der Waals surface area contributed by atoms with E-state index in [2.05, 4.69) is 0 Å². The molecule has 1 aliphatic rings.